The molecule has 0 amide bonds. The molecule has 0 aliphatic carbocycles. The number of halogens is 1. The minimum atomic E-state index is -1.37. The van der Waals surface area contributed by atoms with Gasteiger partial charge in [-0.2, -0.15) is 0 Å². The van der Waals surface area contributed by atoms with Gasteiger partial charge in [0.2, 0.25) is 5.76 Å². The number of carboxylic acids is 1. The van der Waals surface area contributed by atoms with Gasteiger partial charge in [0.1, 0.15) is 10.8 Å². The highest BCUT2D eigenvalue weighted by Crippen LogP contribution is 2.20. The van der Waals surface area contributed by atoms with Crippen LogP contribution in [0.5, 0.6) is 5.75 Å². The lowest BCUT2D eigenvalue weighted by atomic mass is 10.0. The van der Waals surface area contributed by atoms with Crippen LogP contribution in [0.15, 0.2) is 35.1 Å². The molecule has 0 heterocycles. The molecule has 0 bridgehead atoms. The first kappa shape index (κ1) is 26.2. The van der Waals surface area contributed by atoms with Gasteiger partial charge in [-0.15, -0.1) is 0 Å². The maximum atomic E-state index is 11.2. The fraction of sp³-hybridized carbons (Fsp3) is 0.600. The first-order valence-corrected chi connectivity index (χ1v) is 11.8. The van der Waals surface area contributed by atoms with Crippen molar-refractivity contribution in [3.05, 3.63) is 40.6 Å². The molecule has 0 aliphatic rings. The molecular formula is C25H37ClO4. The second kappa shape index (κ2) is 16.9. The number of carbonyl (C=O) groups excluding carboxylic acids is 1. The van der Waals surface area contributed by atoms with Crippen molar-refractivity contribution in [3.63, 3.8) is 0 Å². The van der Waals surface area contributed by atoms with Gasteiger partial charge in [0, 0.05) is 0 Å². The van der Waals surface area contributed by atoms with Crippen LogP contribution in [0.25, 0.3) is 0 Å². The van der Waals surface area contributed by atoms with Crippen LogP contribution in [0.1, 0.15) is 96.0 Å². The minimum absolute atomic E-state index is 0.266. The number of aldehydes is 1. The van der Waals surface area contributed by atoms with Gasteiger partial charge in [-0.25, -0.2) is 4.79 Å². The van der Waals surface area contributed by atoms with E-state index in [0.29, 0.717) is 5.75 Å². The van der Waals surface area contributed by atoms with Crippen LogP contribution in [0.3, 0.4) is 0 Å². The van der Waals surface area contributed by atoms with E-state index in [1.54, 1.807) is 12.1 Å². The van der Waals surface area contributed by atoms with E-state index in [2.05, 4.69) is 6.92 Å². The highest BCUT2D eigenvalue weighted by atomic mass is 35.5. The quantitative estimate of drug-likeness (QED) is 0.112. The molecule has 1 aromatic rings. The van der Waals surface area contributed by atoms with E-state index < -0.39 is 16.8 Å². The van der Waals surface area contributed by atoms with Crippen LogP contribution < -0.4 is 4.74 Å². The molecule has 0 aliphatic heterocycles. The second-order valence-corrected chi connectivity index (χ2v) is 8.25. The van der Waals surface area contributed by atoms with Crippen LogP contribution >= 0.6 is 11.6 Å². The summed E-state index contributed by atoms with van der Waals surface area (Å²) in [5, 5.41) is 8.66. The zero-order chi connectivity index (χ0) is 22.0. The Balaban J connectivity index is 2.17. The summed E-state index contributed by atoms with van der Waals surface area (Å²) < 4.78 is 5.31. The van der Waals surface area contributed by atoms with E-state index in [9.17, 15) is 9.59 Å². The normalized spacial score (nSPS) is 11.8. The molecule has 1 aromatic carbocycles. The standard InChI is InChI=1S/C25H37ClO4/c1-2-3-4-5-6-7-8-9-10-11-12-13-14-16-21-17-15-18-22(19-21)30-24(25(28)29)23(26)20-27/h15,17-20H,2-14,16H2,1H3,(H,28,29)/b24-23-. The molecule has 0 spiro atoms. The number of carboxylic acid groups (broad SMARTS) is 1. The molecule has 0 atom stereocenters. The molecule has 5 heteroatoms. The number of carbonyl (C=O) groups is 2. The molecule has 1 N–H and O–H groups in total. The highest BCUT2D eigenvalue weighted by molar-refractivity contribution is 6.40. The zero-order valence-corrected chi connectivity index (χ0v) is 19.1. The first-order chi connectivity index (χ1) is 14.6. The Hall–Kier alpha value is -1.81. The zero-order valence-electron chi connectivity index (χ0n) is 18.3. The van der Waals surface area contributed by atoms with Crippen molar-refractivity contribution in [1.82, 2.24) is 0 Å². The SMILES string of the molecule is CCCCCCCCCCCCCCCc1cccc(O/C(C(=O)O)=C(\Cl)C=O)c1. The predicted octanol–water partition coefficient (Wildman–Crippen LogP) is 7.43. The number of hydrogen-bond donors (Lipinski definition) is 1. The third kappa shape index (κ3) is 12.0. The Morgan fingerprint density at radius 1 is 0.933 bits per heavy atom. The van der Waals surface area contributed by atoms with Crippen LogP contribution in [-0.2, 0) is 16.0 Å². The van der Waals surface area contributed by atoms with Crippen LogP contribution in [0.4, 0.5) is 0 Å². The number of allylic oxidation sites excluding steroid dienone is 1. The summed E-state index contributed by atoms with van der Waals surface area (Å²) in [6.07, 6.45) is 18.4. The van der Waals surface area contributed by atoms with Crippen LogP contribution in [-0.4, -0.2) is 17.4 Å². The summed E-state index contributed by atoms with van der Waals surface area (Å²) in [7, 11) is 0. The molecule has 30 heavy (non-hydrogen) atoms. The first-order valence-electron chi connectivity index (χ1n) is 11.4. The maximum Gasteiger partial charge on any atom is 0.373 e. The van der Waals surface area contributed by atoms with Crippen molar-refractivity contribution < 1.29 is 19.4 Å². The number of rotatable bonds is 18. The second-order valence-electron chi connectivity index (χ2n) is 7.84. The highest BCUT2D eigenvalue weighted by Gasteiger charge is 2.16. The van der Waals surface area contributed by atoms with E-state index in [4.69, 9.17) is 21.4 Å². The van der Waals surface area contributed by atoms with Gasteiger partial charge in [-0.1, -0.05) is 108 Å². The van der Waals surface area contributed by atoms with Crippen molar-refractivity contribution in [1.29, 1.82) is 0 Å². The number of unbranched alkanes of at least 4 members (excludes halogenated alkanes) is 12. The van der Waals surface area contributed by atoms with Gasteiger partial charge in [-0.05, 0) is 30.5 Å². The van der Waals surface area contributed by atoms with Crippen molar-refractivity contribution >= 4 is 23.9 Å². The number of benzene rings is 1. The smallest absolute Gasteiger partial charge is 0.373 e. The van der Waals surface area contributed by atoms with Crippen molar-refractivity contribution in [2.75, 3.05) is 0 Å². The van der Waals surface area contributed by atoms with Crippen LogP contribution in [0.2, 0.25) is 0 Å². The Morgan fingerprint density at radius 3 is 1.97 bits per heavy atom. The molecule has 0 saturated heterocycles. The Bertz CT molecular complexity index is 654. The number of aliphatic carboxylic acids is 1. The topological polar surface area (TPSA) is 63.6 Å². The lowest BCUT2D eigenvalue weighted by Crippen LogP contribution is -2.10. The molecule has 0 aromatic heterocycles. The molecule has 0 saturated carbocycles. The molecule has 4 nitrogen and oxygen atoms in total. The summed E-state index contributed by atoms with van der Waals surface area (Å²) >= 11 is 5.62. The summed E-state index contributed by atoms with van der Waals surface area (Å²) in [6.45, 7) is 2.26. The lowest BCUT2D eigenvalue weighted by molar-refractivity contribution is -0.135. The molecular weight excluding hydrogens is 400 g/mol. The van der Waals surface area contributed by atoms with E-state index in [0.717, 1.165) is 18.4 Å². The van der Waals surface area contributed by atoms with Gasteiger partial charge in [-0.3, -0.25) is 4.79 Å². The fourth-order valence-corrected chi connectivity index (χ4v) is 3.60. The fourth-order valence-electron chi connectivity index (χ4n) is 3.48. The summed E-state index contributed by atoms with van der Waals surface area (Å²) in [6, 6.07) is 7.28. The average Bonchev–Trinajstić information content (AvgIpc) is 2.75. The largest absolute Gasteiger partial charge is 0.475 e. The number of aryl methyl sites for hydroxylation is 1. The minimum Gasteiger partial charge on any atom is -0.475 e. The van der Waals surface area contributed by atoms with E-state index in [-0.39, 0.29) is 6.29 Å². The van der Waals surface area contributed by atoms with Crippen molar-refractivity contribution in [3.8, 4) is 5.75 Å². The molecule has 0 unspecified atom stereocenters. The average molecular weight is 437 g/mol. The van der Waals surface area contributed by atoms with Gasteiger partial charge in [0.15, 0.2) is 6.29 Å². The molecule has 1 rings (SSSR count). The van der Waals surface area contributed by atoms with Gasteiger partial charge in [0.05, 0.1) is 0 Å². The Morgan fingerprint density at radius 2 is 1.47 bits per heavy atom. The van der Waals surface area contributed by atoms with Crippen LogP contribution in [0, 0.1) is 0 Å². The third-order valence-corrected chi connectivity index (χ3v) is 5.46. The van der Waals surface area contributed by atoms with E-state index in [1.165, 1.54) is 77.0 Å². The Labute approximate surface area is 186 Å². The van der Waals surface area contributed by atoms with Crippen molar-refractivity contribution in [2.45, 2.75) is 96.8 Å². The summed E-state index contributed by atoms with van der Waals surface area (Å²) in [5.74, 6) is -1.54. The maximum absolute atomic E-state index is 11.2. The Kier molecular flexibility index (Phi) is 14.8. The van der Waals surface area contributed by atoms with E-state index >= 15 is 0 Å². The molecule has 0 radical (unpaired) electrons. The lowest BCUT2D eigenvalue weighted by Gasteiger charge is -2.09. The van der Waals surface area contributed by atoms with Gasteiger partial charge >= 0.3 is 5.97 Å². The number of hydrogen-bond acceptors (Lipinski definition) is 3. The predicted molar refractivity (Wildman–Crippen MR) is 123 cm³/mol. The summed E-state index contributed by atoms with van der Waals surface area (Å²) in [4.78, 5) is 21.9. The summed E-state index contributed by atoms with van der Waals surface area (Å²) in [5.41, 5.74) is 1.09. The van der Waals surface area contributed by atoms with E-state index in [1.807, 2.05) is 12.1 Å². The van der Waals surface area contributed by atoms with Gasteiger partial charge < -0.3 is 9.84 Å². The number of ether oxygens (including phenoxy) is 1. The molecule has 0 fully saturated rings. The van der Waals surface area contributed by atoms with Gasteiger partial charge in [0.25, 0.3) is 0 Å². The molecule has 168 valence electrons. The monoisotopic (exact) mass is 436 g/mol. The third-order valence-electron chi connectivity index (χ3n) is 5.20. The van der Waals surface area contributed by atoms with Crippen molar-refractivity contribution in [2.24, 2.45) is 0 Å².